The van der Waals surface area contributed by atoms with Crippen LogP contribution in [-0.4, -0.2) is 0 Å². The van der Waals surface area contributed by atoms with Gasteiger partial charge in [0.25, 0.3) is 0 Å². The second kappa shape index (κ2) is 9.38. The van der Waals surface area contributed by atoms with Crippen molar-refractivity contribution in [2.45, 2.75) is 26.2 Å². The molecule has 0 saturated carbocycles. The average Bonchev–Trinajstić information content (AvgIpc) is 2.72. The Hall–Kier alpha value is -3.34. The number of azo groups is 2. The Morgan fingerprint density at radius 2 is 0.963 bits per heavy atom. The van der Waals surface area contributed by atoms with E-state index in [9.17, 15) is 0 Å². The number of nitrogens with zero attached hydrogens (tertiary/aromatic N) is 4. The summed E-state index contributed by atoms with van der Waals surface area (Å²) in [6, 6.07) is 23.0. The highest BCUT2D eigenvalue weighted by Gasteiger charge is 1.96. The van der Waals surface area contributed by atoms with Crippen molar-refractivity contribution in [2.75, 3.05) is 5.73 Å². The average molecular weight is 357 g/mol. The van der Waals surface area contributed by atoms with Crippen LogP contribution in [0.25, 0.3) is 0 Å². The Morgan fingerprint density at radius 3 is 1.37 bits per heavy atom. The zero-order chi connectivity index (χ0) is 18.9. The largest absolute Gasteiger partial charge is 0.399 e. The van der Waals surface area contributed by atoms with Crippen LogP contribution in [0, 0.1) is 0 Å². The second-order valence-electron chi connectivity index (χ2n) is 6.28. The number of rotatable bonds is 7. The van der Waals surface area contributed by atoms with Crippen LogP contribution in [0.3, 0.4) is 0 Å². The minimum Gasteiger partial charge on any atom is -0.399 e. The number of unbranched alkanes of at least 4 members (excludes halogenated alkanes) is 1. The minimum absolute atomic E-state index is 0.708. The van der Waals surface area contributed by atoms with Gasteiger partial charge in [0.15, 0.2) is 0 Å². The first-order chi connectivity index (χ1) is 13.2. The molecule has 0 atom stereocenters. The summed E-state index contributed by atoms with van der Waals surface area (Å²) >= 11 is 0. The van der Waals surface area contributed by atoms with Crippen molar-refractivity contribution in [3.63, 3.8) is 0 Å². The van der Waals surface area contributed by atoms with Crippen LogP contribution in [0.1, 0.15) is 25.3 Å². The maximum atomic E-state index is 5.66. The van der Waals surface area contributed by atoms with E-state index in [1.54, 1.807) is 12.1 Å². The second-order valence-corrected chi connectivity index (χ2v) is 6.28. The number of anilines is 1. The third kappa shape index (κ3) is 5.85. The molecule has 0 aliphatic heterocycles. The summed E-state index contributed by atoms with van der Waals surface area (Å²) in [6.45, 7) is 2.20. The molecule has 136 valence electrons. The van der Waals surface area contributed by atoms with Gasteiger partial charge in [0.1, 0.15) is 0 Å². The van der Waals surface area contributed by atoms with Crippen LogP contribution in [0.2, 0.25) is 0 Å². The number of hydrogen-bond donors (Lipinski definition) is 1. The Balaban J connectivity index is 1.59. The van der Waals surface area contributed by atoms with Crippen LogP contribution in [0.5, 0.6) is 0 Å². The molecule has 0 heterocycles. The van der Waals surface area contributed by atoms with Crippen molar-refractivity contribution in [1.29, 1.82) is 0 Å². The van der Waals surface area contributed by atoms with Crippen molar-refractivity contribution in [1.82, 2.24) is 0 Å². The van der Waals surface area contributed by atoms with Gasteiger partial charge in [-0.05, 0) is 79.1 Å². The highest BCUT2D eigenvalue weighted by molar-refractivity contribution is 5.50. The molecular formula is C22H23N5. The lowest BCUT2D eigenvalue weighted by Crippen LogP contribution is -1.82. The molecule has 5 heteroatoms. The monoisotopic (exact) mass is 357 g/mol. The van der Waals surface area contributed by atoms with Gasteiger partial charge in [-0.15, -0.1) is 0 Å². The van der Waals surface area contributed by atoms with Gasteiger partial charge in [-0.2, -0.15) is 20.5 Å². The van der Waals surface area contributed by atoms with Crippen LogP contribution in [0.15, 0.2) is 93.3 Å². The fraction of sp³-hybridized carbons (Fsp3) is 0.182. The number of hydrogen-bond acceptors (Lipinski definition) is 5. The Bertz CT molecular complexity index is 895. The fourth-order valence-electron chi connectivity index (χ4n) is 2.47. The molecule has 0 aliphatic rings. The van der Waals surface area contributed by atoms with Crippen molar-refractivity contribution in [3.8, 4) is 0 Å². The van der Waals surface area contributed by atoms with E-state index in [0.717, 1.165) is 29.2 Å². The molecular weight excluding hydrogens is 334 g/mol. The molecule has 0 bridgehead atoms. The van der Waals surface area contributed by atoms with Crippen molar-refractivity contribution in [3.05, 3.63) is 78.4 Å². The maximum absolute atomic E-state index is 5.66. The lowest BCUT2D eigenvalue weighted by molar-refractivity contribution is 0.795. The number of nitrogen functional groups attached to an aromatic ring is 1. The van der Waals surface area contributed by atoms with E-state index in [-0.39, 0.29) is 0 Å². The Labute approximate surface area is 159 Å². The van der Waals surface area contributed by atoms with Gasteiger partial charge in [0.05, 0.1) is 22.7 Å². The lowest BCUT2D eigenvalue weighted by Gasteiger charge is -2.00. The van der Waals surface area contributed by atoms with E-state index in [1.807, 2.05) is 48.5 Å². The Kier molecular flexibility index (Phi) is 6.41. The third-order valence-corrected chi connectivity index (χ3v) is 4.06. The van der Waals surface area contributed by atoms with Gasteiger partial charge in [-0.25, -0.2) is 0 Å². The van der Waals surface area contributed by atoms with E-state index in [1.165, 1.54) is 18.4 Å². The quantitative estimate of drug-likeness (QED) is 0.346. The number of aryl methyl sites for hydroxylation is 1. The highest BCUT2D eigenvalue weighted by atomic mass is 15.1. The molecule has 3 aromatic rings. The smallest absolute Gasteiger partial charge is 0.0858 e. The molecule has 0 unspecified atom stereocenters. The molecule has 3 rings (SSSR count). The zero-order valence-corrected chi connectivity index (χ0v) is 15.4. The van der Waals surface area contributed by atoms with Crippen LogP contribution < -0.4 is 5.73 Å². The minimum atomic E-state index is 0.708. The van der Waals surface area contributed by atoms with E-state index in [0.29, 0.717) is 5.69 Å². The number of benzene rings is 3. The summed E-state index contributed by atoms with van der Waals surface area (Å²) in [5, 5.41) is 17.0. The van der Waals surface area contributed by atoms with Crippen LogP contribution >= 0.6 is 0 Å². The van der Waals surface area contributed by atoms with E-state index < -0.39 is 0 Å². The van der Waals surface area contributed by atoms with Crippen LogP contribution in [0.4, 0.5) is 28.4 Å². The summed E-state index contributed by atoms with van der Waals surface area (Å²) in [7, 11) is 0. The first-order valence-electron chi connectivity index (χ1n) is 9.11. The lowest BCUT2D eigenvalue weighted by atomic mass is 10.1. The van der Waals surface area contributed by atoms with Gasteiger partial charge in [-0.1, -0.05) is 25.5 Å². The molecule has 27 heavy (non-hydrogen) atoms. The van der Waals surface area contributed by atoms with Gasteiger partial charge < -0.3 is 5.73 Å². The van der Waals surface area contributed by atoms with Crippen LogP contribution in [-0.2, 0) is 6.42 Å². The summed E-state index contributed by atoms with van der Waals surface area (Å²) in [4.78, 5) is 0. The highest BCUT2D eigenvalue weighted by Crippen LogP contribution is 2.24. The maximum Gasteiger partial charge on any atom is 0.0858 e. The summed E-state index contributed by atoms with van der Waals surface area (Å²) in [5.74, 6) is 0. The molecule has 0 aromatic heterocycles. The molecule has 5 nitrogen and oxygen atoms in total. The standard InChI is InChI=1S/C22H23N5/c1-2-3-4-17-5-9-19(10-6-17)24-26-21-13-15-22(16-14-21)27-25-20-11-7-18(23)8-12-20/h5-16H,2-4,23H2,1H3. The van der Waals surface area contributed by atoms with Crippen molar-refractivity contribution >= 4 is 28.4 Å². The predicted molar refractivity (Wildman–Crippen MR) is 111 cm³/mol. The van der Waals surface area contributed by atoms with E-state index in [4.69, 9.17) is 5.73 Å². The van der Waals surface area contributed by atoms with Crippen molar-refractivity contribution in [2.24, 2.45) is 20.5 Å². The topological polar surface area (TPSA) is 75.5 Å². The van der Waals surface area contributed by atoms with Gasteiger partial charge in [0, 0.05) is 5.69 Å². The molecule has 3 aromatic carbocycles. The zero-order valence-electron chi connectivity index (χ0n) is 15.4. The Morgan fingerprint density at radius 1 is 0.593 bits per heavy atom. The normalized spacial score (nSPS) is 11.4. The molecule has 0 fully saturated rings. The first-order valence-corrected chi connectivity index (χ1v) is 9.11. The molecule has 0 radical (unpaired) electrons. The summed E-state index contributed by atoms with van der Waals surface area (Å²) in [5.41, 5.74) is 10.8. The number of nitrogens with two attached hydrogens (primary N) is 1. The van der Waals surface area contributed by atoms with E-state index >= 15 is 0 Å². The van der Waals surface area contributed by atoms with Crippen molar-refractivity contribution < 1.29 is 0 Å². The summed E-state index contributed by atoms with van der Waals surface area (Å²) in [6.07, 6.45) is 3.53. The molecule has 0 spiro atoms. The van der Waals surface area contributed by atoms with Gasteiger partial charge >= 0.3 is 0 Å². The SMILES string of the molecule is CCCCc1ccc(N=Nc2ccc(N=Nc3ccc(N)cc3)cc2)cc1. The first kappa shape index (κ1) is 18.5. The predicted octanol–water partition coefficient (Wildman–Crippen LogP) is 7.44. The van der Waals surface area contributed by atoms with E-state index in [2.05, 4.69) is 39.5 Å². The molecule has 0 saturated heterocycles. The van der Waals surface area contributed by atoms with Gasteiger partial charge in [-0.3, -0.25) is 0 Å². The fourth-order valence-corrected chi connectivity index (χ4v) is 2.47. The third-order valence-electron chi connectivity index (χ3n) is 4.06. The van der Waals surface area contributed by atoms with Gasteiger partial charge in [0.2, 0.25) is 0 Å². The summed E-state index contributed by atoms with van der Waals surface area (Å²) < 4.78 is 0. The molecule has 0 aliphatic carbocycles. The molecule has 2 N–H and O–H groups in total. The molecule has 0 amide bonds.